The van der Waals surface area contributed by atoms with Gasteiger partial charge < -0.3 is 10.1 Å². The van der Waals surface area contributed by atoms with E-state index in [1.54, 1.807) is 57.0 Å². The van der Waals surface area contributed by atoms with Crippen molar-refractivity contribution in [2.45, 2.75) is 26.4 Å². The molecule has 0 aliphatic rings. The Bertz CT molecular complexity index is 512. The number of carbonyl (C=O) groups excluding carboxylic acids is 2. The van der Waals surface area contributed by atoms with Gasteiger partial charge in [-0.1, -0.05) is 23.7 Å². The first-order chi connectivity index (χ1) is 9.67. The van der Waals surface area contributed by atoms with Crippen LogP contribution in [-0.2, 0) is 14.3 Å². The number of amides is 1. The van der Waals surface area contributed by atoms with Crippen molar-refractivity contribution in [3.8, 4) is 0 Å². The second-order valence-electron chi connectivity index (χ2n) is 5.79. The summed E-state index contributed by atoms with van der Waals surface area (Å²) in [6.07, 6.45) is 0. The van der Waals surface area contributed by atoms with Crippen LogP contribution in [0.2, 0.25) is 5.02 Å². The fourth-order valence-electron chi connectivity index (χ4n) is 1.65. The summed E-state index contributed by atoms with van der Waals surface area (Å²) in [5.41, 5.74) is 0.0208. The van der Waals surface area contributed by atoms with E-state index >= 15 is 0 Å². The highest BCUT2D eigenvalue weighted by molar-refractivity contribution is 6.33. The number of carbonyl (C=O) groups is 2. The molecule has 0 spiro atoms. The third kappa shape index (κ3) is 7.11. The number of benzene rings is 1. The summed E-state index contributed by atoms with van der Waals surface area (Å²) in [5.74, 6) is -0.607. The molecule has 0 radical (unpaired) electrons. The predicted molar refractivity (Wildman–Crippen MR) is 83.4 cm³/mol. The van der Waals surface area contributed by atoms with Gasteiger partial charge in [-0.05, 0) is 40.0 Å². The molecule has 1 N–H and O–H groups in total. The summed E-state index contributed by atoms with van der Waals surface area (Å²) in [4.78, 5) is 25.1. The molecule has 0 saturated carbocycles. The Morgan fingerprint density at radius 2 is 1.86 bits per heavy atom. The molecular formula is C15H21ClN2O3. The van der Waals surface area contributed by atoms with Crippen molar-refractivity contribution in [1.29, 1.82) is 0 Å². The van der Waals surface area contributed by atoms with Gasteiger partial charge in [0.2, 0.25) is 5.91 Å². The Kier molecular flexibility index (Phi) is 6.18. The Morgan fingerprint density at radius 3 is 2.43 bits per heavy atom. The number of nitrogens with one attached hydrogen (secondary N) is 1. The Balaban J connectivity index is 2.44. The van der Waals surface area contributed by atoms with E-state index in [4.69, 9.17) is 16.3 Å². The van der Waals surface area contributed by atoms with Crippen LogP contribution in [0.15, 0.2) is 24.3 Å². The third-order valence-electron chi connectivity index (χ3n) is 2.38. The summed E-state index contributed by atoms with van der Waals surface area (Å²) >= 11 is 5.96. The van der Waals surface area contributed by atoms with Crippen molar-refractivity contribution in [3.63, 3.8) is 0 Å². The summed E-state index contributed by atoms with van der Waals surface area (Å²) in [6.45, 7) is 5.52. The van der Waals surface area contributed by atoms with Crippen molar-refractivity contribution < 1.29 is 14.3 Å². The molecule has 6 heteroatoms. The lowest BCUT2D eigenvalue weighted by Crippen LogP contribution is -2.37. The van der Waals surface area contributed by atoms with Gasteiger partial charge in [-0.2, -0.15) is 0 Å². The number of ether oxygens (including phenoxy) is 1. The van der Waals surface area contributed by atoms with Crippen LogP contribution in [0.3, 0.4) is 0 Å². The molecule has 21 heavy (non-hydrogen) atoms. The first-order valence-electron chi connectivity index (χ1n) is 6.62. The molecule has 1 aromatic carbocycles. The normalized spacial score (nSPS) is 11.3. The minimum absolute atomic E-state index is 0.0488. The van der Waals surface area contributed by atoms with Gasteiger partial charge in [-0.15, -0.1) is 0 Å². The predicted octanol–water partition coefficient (Wildman–Crippen LogP) is 2.55. The highest BCUT2D eigenvalue weighted by Gasteiger charge is 2.18. The molecule has 0 aromatic heterocycles. The van der Waals surface area contributed by atoms with E-state index in [2.05, 4.69) is 5.32 Å². The average molecular weight is 313 g/mol. The lowest BCUT2D eigenvalue weighted by Gasteiger charge is -2.22. The molecule has 0 saturated heterocycles. The summed E-state index contributed by atoms with van der Waals surface area (Å²) < 4.78 is 5.19. The molecule has 0 fully saturated rings. The van der Waals surface area contributed by atoms with Crippen LogP contribution < -0.4 is 5.32 Å². The largest absolute Gasteiger partial charge is 0.459 e. The maximum absolute atomic E-state index is 11.9. The highest BCUT2D eigenvalue weighted by Crippen LogP contribution is 2.20. The molecule has 0 unspecified atom stereocenters. The maximum Gasteiger partial charge on any atom is 0.320 e. The average Bonchev–Trinajstić information content (AvgIpc) is 2.28. The smallest absolute Gasteiger partial charge is 0.320 e. The van der Waals surface area contributed by atoms with Crippen LogP contribution in [0.5, 0.6) is 0 Å². The number of nitrogens with zero attached hydrogens (tertiary/aromatic N) is 1. The minimum atomic E-state index is -0.530. The summed E-state index contributed by atoms with van der Waals surface area (Å²) in [6, 6.07) is 6.98. The monoisotopic (exact) mass is 312 g/mol. The van der Waals surface area contributed by atoms with Gasteiger partial charge >= 0.3 is 5.97 Å². The van der Waals surface area contributed by atoms with E-state index < -0.39 is 5.60 Å². The van der Waals surface area contributed by atoms with Crippen LogP contribution in [0.4, 0.5) is 5.69 Å². The van der Waals surface area contributed by atoms with Gasteiger partial charge in [0.05, 0.1) is 23.8 Å². The molecular weight excluding hydrogens is 292 g/mol. The number of hydrogen-bond donors (Lipinski definition) is 1. The second kappa shape index (κ2) is 7.43. The molecule has 0 heterocycles. The number of likely N-dealkylation sites (N-methyl/N-ethyl adjacent to an activating group) is 1. The fraction of sp³-hybridized carbons (Fsp3) is 0.467. The zero-order chi connectivity index (χ0) is 16.0. The van der Waals surface area contributed by atoms with Crippen LogP contribution in [0, 0.1) is 0 Å². The first-order valence-corrected chi connectivity index (χ1v) is 7.00. The van der Waals surface area contributed by atoms with Crippen LogP contribution in [-0.4, -0.2) is 42.5 Å². The molecule has 1 aromatic rings. The van der Waals surface area contributed by atoms with Crippen molar-refractivity contribution in [3.05, 3.63) is 29.3 Å². The number of para-hydroxylation sites is 1. The van der Waals surface area contributed by atoms with Gasteiger partial charge in [0, 0.05) is 0 Å². The molecule has 5 nitrogen and oxygen atoms in total. The molecule has 0 aliphatic carbocycles. The third-order valence-corrected chi connectivity index (χ3v) is 2.71. The molecule has 1 rings (SSSR count). The lowest BCUT2D eigenvalue weighted by atomic mass is 10.2. The van der Waals surface area contributed by atoms with Gasteiger partial charge in [-0.25, -0.2) is 0 Å². The number of anilines is 1. The van der Waals surface area contributed by atoms with Gasteiger partial charge in [0.1, 0.15) is 5.60 Å². The van der Waals surface area contributed by atoms with Gasteiger partial charge in [0.15, 0.2) is 0 Å². The van der Waals surface area contributed by atoms with E-state index in [0.29, 0.717) is 10.7 Å². The van der Waals surface area contributed by atoms with Crippen molar-refractivity contribution >= 4 is 29.2 Å². The standard InChI is InChI=1S/C15H21ClN2O3/c1-15(2,3)21-14(20)10-18(4)9-13(19)17-12-8-6-5-7-11(12)16/h5-8H,9-10H2,1-4H3,(H,17,19). The van der Waals surface area contributed by atoms with Crippen LogP contribution in [0.25, 0.3) is 0 Å². The zero-order valence-corrected chi connectivity index (χ0v) is 13.5. The van der Waals surface area contributed by atoms with Crippen LogP contribution in [0.1, 0.15) is 20.8 Å². The molecule has 0 aliphatic heterocycles. The van der Waals surface area contributed by atoms with E-state index in [9.17, 15) is 9.59 Å². The zero-order valence-electron chi connectivity index (χ0n) is 12.8. The van der Waals surface area contributed by atoms with Crippen molar-refractivity contribution in [2.75, 3.05) is 25.5 Å². The SMILES string of the molecule is CN(CC(=O)Nc1ccccc1Cl)CC(=O)OC(C)(C)C. The second-order valence-corrected chi connectivity index (χ2v) is 6.19. The Hall–Kier alpha value is -1.59. The van der Waals surface area contributed by atoms with Crippen molar-refractivity contribution in [1.82, 2.24) is 4.90 Å². The van der Waals surface area contributed by atoms with E-state index in [1.807, 2.05) is 0 Å². The van der Waals surface area contributed by atoms with E-state index in [1.165, 1.54) is 0 Å². The highest BCUT2D eigenvalue weighted by atomic mass is 35.5. The lowest BCUT2D eigenvalue weighted by molar-refractivity contribution is -0.155. The molecule has 0 bridgehead atoms. The number of rotatable bonds is 5. The van der Waals surface area contributed by atoms with Gasteiger partial charge in [0.25, 0.3) is 0 Å². The Morgan fingerprint density at radius 1 is 1.24 bits per heavy atom. The summed E-state index contributed by atoms with van der Waals surface area (Å²) in [7, 11) is 1.68. The summed E-state index contributed by atoms with van der Waals surface area (Å²) in [5, 5.41) is 3.17. The van der Waals surface area contributed by atoms with Crippen molar-refractivity contribution in [2.24, 2.45) is 0 Å². The maximum atomic E-state index is 11.9. The first kappa shape index (κ1) is 17.5. The molecule has 0 atom stereocenters. The number of halogens is 1. The number of esters is 1. The number of hydrogen-bond acceptors (Lipinski definition) is 4. The van der Waals surface area contributed by atoms with Gasteiger partial charge in [-0.3, -0.25) is 14.5 Å². The Labute approximate surface area is 130 Å². The van der Waals surface area contributed by atoms with E-state index in [0.717, 1.165) is 0 Å². The minimum Gasteiger partial charge on any atom is -0.459 e. The van der Waals surface area contributed by atoms with Crippen LogP contribution >= 0.6 is 11.6 Å². The molecule has 116 valence electrons. The quantitative estimate of drug-likeness (QED) is 0.849. The fourth-order valence-corrected chi connectivity index (χ4v) is 1.83. The molecule has 1 amide bonds. The topological polar surface area (TPSA) is 58.6 Å². The van der Waals surface area contributed by atoms with E-state index in [-0.39, 0.29) is 25.0 Å².